The number of carbonyl (C=O) groups is 2. The summed E-state index contributed by atoms with van der Waals surface area (Å²) in [5, 5.41) is 2.76. The lowest BCUT2D eigenvalue weighted by molar-refractivity contribution is -0.118. The Balaban J connectivity index is 1.73. The molecule has 27 heavy (non-hydrogen) atoms. The van der Waals surface area contributed by atoms with Crippen LogP contribution in [0.25, 0.3) is 0 Å². The maximum absolute atomic E-state index is 12.6. The third kappa shape index (κ3) is 5.05. The SMILES string of the molecule is CC(=O)c1ccccc1NC(=O)CN(Cc1ccco1)[C@H]1CCS(=O)(=O)C1. The van der Waals surface area contributed by atoms with Crippen molar-refractivity contribution in [3.63, 3.8) is 0 Å². The minimum Gasteiger partial charge on any atom is -0.468 e. The summed E-state index contributed by atoms with van der Waals surface area (Å²) in [6.45, 7) is 1.79. The minimum atomic E-state index is -3.08. The third-order valence-corrected chi connectivity index (χ3v) is 6.34. The zero-order chi connectivity index (χ0) is 19.4. The first kappa shape index (κ1) is 19.3. The van der Waals surface area contributed by atoms with E-state index >= 15 is 0 Å². The number of sulfone groups is 1. The van der Waals surface area contributed by atoms with Gasteiger partial charge in [-0.1, -0.05) is 12.1 Å². The first-order chi connectivity index (χ1) is 12.8. The Bertz CT molecular complexity index is 921. The molecule has 0 spiro atoms. The first-order valence-corrected chi connectivity index (χ1v) is 10.5. The van der Waals surface area contributed by atoms with Gasteiger partial charge in [0.15, 0.2) is 15.6 Å². The van der Waals surface area contributed by atoms with E-state index in [4.69, 9.17) is 4.42 Å². The zero-order valence-electron chi connectivity index (χ0n) is 15.1. The number of furan rings is 1. The van der Waals surface area contributed by atoms with Gasteiger partial charge in [-0.2, -0.15) is 0 Å². The number of rotatable bonds is 7. The van der Waals surface area contributed by atoms with Crippen LogP contribution in [-0.4, -0.2) is 49.1 Å². The van der Waals surface area contributed by atoms with Crippen molar-refractivity contribution < 1.29 is 22.4 Å². The Hall–Kier alpha value is -2.45. The van der Waals surface area contributed by atoms with Crippen LogP contribution in [-0.2, 0) is 21.2 Å². The molecular formula is C19H22N2O5S. The van der Waals surface area contributed by atoms with E-state index in [1.165, 1.54) is 6.92 Å². The molecule has 1 atom stereocenters. The van der Waals surface area contributed by atoms with Crippen molar-refractivity contribution in [3.05, 3.63) is 54.0 Å². The van der Waals surface area contributed by atoms with Gasteiger partial charge in [0.05, 0.1) is 36.5 Å². The van der Waals surface area contributed by atoms with Crippen LogP contribution in [0.5, 0.6) is 0 Å². The number of benzene rings is 1. The van der Waals surface area contributed by atoms with Gasteiger partial charge in [0.25, 0.3) is 0 Å². The van der Waals surface area contributed by atoms with Gasteiger partial charge in [0.1, 0.15) is 5.76 Å². The van der Waals surface area contributed by atoms with Crippen LogP contribution >= 0.6 is 0 Å². The van der Waals surface area contributed by atoms with E-state index in [2.05, 4.69) is 5.32 Å². The molecule has 0 bridgehead atoms. The van der Waals surface area contributed by atoms with Crippen LogP contribution in [0.4, 0.5) is 5.69 Å². The van der Waals surface area contributed by atoms with Gasteiger partial charge in [-0.3, -0.25) is 14.5 Å². The molecule has 1 N–H and O–H groups in total. The van der Waals surface area contributed by atoms with Gasteiger partial charge in [-0.15, -0.1) is 0 Å². The second kappa shape index (κ2) is 8.06. The molecule has 1 aliphatic heterocycles. The number of hydrogen-bond donors (Lipinski definition) is 1. The molecule has 1 aromatic carbocycles. The topological polar surface area (TPSA) is 96.7 Å². The maximum Gasteiger partial charge on any atom is 0.238 e. The Kier molecular flexibility index (Phi) is 5.76. The fourth-order valence-corrected chi connectivity index (χ4v) is 5.02. The zero-order valence-corrected chi connectivity index (χ0v) is 15.9. The molecule has 1 fully saturated rings. The number of nitrogens with zero attached hydrogens (tertiary/aromatic N) is 1. The van der Waals surface area contributed by atoms with Crippen molar-refractivity contribution in [2.45, 2.75) is 25.9 Å². The van der Waals surface area contributed by atoms with Crippen molar-refractivity contribution in [1.82, 2.24) is 4.90 Å². The molecule has 0 unspecified atom stereocenters. The normalized spacial score (nSPS) is 18.5. The molecule has 2 heterocycles. The standard InChI is InChI=1S/C19H22N2O5S/c1-14(22)17-6-2-3-7-18(17)20-19(23)12-21(11-16-5-4-9-26-16)15-8-10-27(24,25)13-15/h2-7,9,15H,8,10-13H2,1H3,(H,20,23)/t15-/m0/s1. The Labute approximate surface area is 158 Å². The number of ketones is 1. The number of nitrogens with one attached hydrogen (secondary N) is 1. The van der Waals surface area contributed by atoms with E-state index in [-0.39, 0.29) is 35.8 Å². The third-order valence-electron chi connectivity index (χ3n) is 4.59. The lowest BCUT2D eigenvalue weighted by Gasteiger charge is -2.26. The molecular weight excluding hydrogens is 368 g/mol. The summed E-state index contributed by atoms with van der Waals surface area (Å²) < 4.78 is 29.1. The summed E-state index contributed by atoms with van der Waals surface area (Å²) in [6.07, 6.45) is 2.03. The van der Waals surface area contributed by atoms with Crippen molar-refractivity contribution in [1.29, 1.82) is 0 Å². The molecule has 1 aromatic heterocycles. The Morgan fingerprint density at radius 2 is 2.00 bits per heavy atom. The lowest BCUT2D eigenvalue weighted by Crippen LogP contribution is -2.41. The number of Topliss-reactive ketones (excluding diaryl/α,β-unsaturated/α-hetero) is 1. The van der Waals surface area contributed by atoms with Crippen molar-refractivity contribution >= 4 is 27.2 Å². The van der Waals surface area contributed by atoms with E-state index in [1.807, 2.05) is 4.90 Å². The van der Waals surface area contributed by atoms with Gasteiger partial charge in [0.2, 0.25) is 5.91 Å². The van der Waals surface area contributed by atoms with E-state index in [1.54, 1.807) is 42.7 Å². The molecule has 7 nitrogen and oxygen atoms in total. The molecule has 0 aliphatic carbocycles. The van der Waals surface area contributed by atoms with Gasteiger partial charge >= 0.3 is 0 Å². The average Bonchev–Trinajstić information content (AvgIpc) is 3.23. The molecule has 144 valence electrons. The molecule has 1 aliphatic rings. The fourth-order valence-electron chi connectivity index (χ4n) is 3.25. The predicted octanol–water partition coefficient (Wildman–Crippen LogP) is 2.11. The van der Waals surface area contributed by atoms with Gasteiger partial charge < -0.3 is 9.73 Å². The molecule has 1 amide bonds. The van der Waals surface area contributed by atoms with Crippen LogP contribution in [0.3, 0.4) is 0 Å². The summed E-state index contributed by atoms with van der Waals surface area (Å²) in [5.74, 6) is 0.377. The summed E-state index contributed by atoms with van der Waals surface area (Å²) in [4.78, 5) is 26.1. The number of hydrogen-bond acceptors (Lipinski definition) is 6. The molecule has 0 saturated carbocycles. The highest BCUT2D eigenvalue weighted by molar-refractivity contribution is 7.91. The molecule has 0 radical (unpaired) electrons. The molecule has 1 saturated heterocycles. The smallest absolute Gasteiger partial charge is 0.238 e. The van der Waals surface area contributed by atoms with Crippen LogP contribution in [0.1, 0.15) is 29.5 Å². The van der Waals surface area contributed by atoms with Gasteiger partial charge in [-0.25, -0.2) is 8.42 Å². The monoisotopic (exact) mass is 390 g/mol. The lowest BCUT2D eigenvalue weighted by atomic mass is 10.1. The highest BCUT2D eigenvalue weighted by atomic mass is 32.2. The summed E-state index contributed by atoms with van der Waals surface area (Å²) in [6, 6.07) is 10.1. The first-order valence-electron chi connectivity index (χ1n) is 8.71. The average molecular weight is 390 g/mol. The van der Waals surface area contributed by atoms with E-state index in [0.717, 1.165) is 0 Å². The van der Waals surface area contributed by atoms with E-state index < -0.39 is 9.84 Å². The quantitative estimate of drug-likeness (QED) is 0.728. The summed E-state index contributed by atoms with van der Waals surface area (Å²) >= 11 is 0. The maximum atomic E-state index is 12.6. The fraction of sp³-hybridized carbons (Fsp3) is 0.368. The molecule has 8 heteroatoms. The highest BCUT2D eigenvalue weighted by Crippen LogP contribution is 2.21. The van der Waals surface area contributed by atoms with Gasteiger partial charge in [-0.05, 0) is 37.6 Å². The Morgan fingerprint density at radius 1 is 1.22 bits per heavy atom. The predicted molar refractivity (Wildman–Crippen MR) is 101 cm³/mol. The molecule has 3 rings (SSSR count). The van der Waals surface area contributed by atoms with Crippen LogP contribution < -0.4 is 5.32 Å². The highest BCUT2D eigenvalue weighted by Gasteiger charge is 2.33. The van der Waals surface area contributed by atoms with Crippen molar-refractivity contribution in [2.75, 3.05) is 23.4 Å². The summed E-state index contributed by atoms with van der Waals surface area (Å²) in [7, 11) is -3.08. The van der Waals surface area contributed by atoms with Gasteiger partial charge in [0, 0.05) is 11.6 Å². The van der Waals surface area contributed by atoms with E-state index in [0.29, 0.717) is 30.0 Å². The number of carbonyl (C=O) groups excluding carboxylic acids is 2. The van der Waals surface area contributed by atoms with Crippen LogP contribution in [0.15, 0.2) is 47.1 Å². The largest absolute Gasteiger partial charge is 0.468 e. The van der Waals surface area contributed by atoms with Crippen molar-refractivity contribution in [3.8, 4) is 0 Å². The van der Waals surface area contributed by atoms with E-state index in [9.17, 15) is 18.0 Å². The summed E-state index contributed by atoms with van der Waals surface area (Å²) in [5.41, 5.74) is 0.888. The number of anilines is 1. The molecule has 2 aromatic rings. The Morgan fingerprint density at radius 3 is 2.63 bits per heavy atom. The second-order valence-corrected chi connectivity index (χ2v) is 8.92. The van der Waals surface area contributed by atoms with Crippen molar-refractivity contribution in [2.24, 2.45) is 0 Å². The van der Waals surface area contributed by atoms with Crippen LogP contribution in [0, 0.1) is 0 Å². The minimum absolute atomic E-state index is 0.00707. The van der Waals surface area contributed by atoms with Crippen LogP contribution in [0.2, 0.25) is 0 Å². The number of amides is 1. The number of para-hydroxylation sites is 1. The second-order valence-electron chi connectivity index (χ2n) is 6.69.